The maximum atomic E-state index is 4.79. The van der Waals surface area contributed by atoms with Gasteiger partial charge >= 0.3 is 0 Å². The number of para-hydroxylation sites is 2. The van der Waals surface area contributed by atoms with Crippen LogP contribution in [-0.4, -0.2) is 25.8 Å². The molecule has 0 saturated carbocycles. The molecule has 8 aromatic rings. The summed E-state index contributed by atoms with van der Waals surface area (Å²) in [6.45, 7) is 0.191. The number of pyridine rings is 1. The maximum absolute atomic E-state index is 4.79. The van der Waals surface area contributed by atoms with Gasteiger partial charge in [0.05, 0.1) is 0 Å². The van der Waals surface area contributed by atoms with Gasteiger partial charge in [0.2, 0.25) is 0 Å². The Morgan fingerprint density at radius 2 is 0.717 bits per heavy atom. The Morgan fingerprint density at radius 1 is 0.340 bits per heavy atom. The van der Waals surface area contributed by atoms with Crippen molar-refractivity contribution < 1.29 is 0 Å². The standard InChI is InChI=1S/C49H36BN3/c1-52-45-22-11-9-20-43(45)50-44-21-10-12-23-46(44)53(2)48-30-40(29-47(52)49(48)50)35-18-13-19-36(24-35)41-28-42(32-51-31-41)39-26-37(33-14-5-3-6-15-33)25-38(27-39)34-16-7-4-8-17-34/h3-32H,1-2H3. The smallest absolute Gasteiger partial charge is 0.252 e. The molecule has 0 saturated heterocycles. The van der Waals surface area contributed by atoms with Gasteiger partial charge in [0.1, 0.15) is 0 Å². The first-order valence-corrected chi connectivity index (χ1v) is 18.3. The van der Waals surface area contributed by atoms with Gasteiger partial charge in [-0.05, 0) is 115 Å². The number of rotatable bonds is 5. The fourth-order valence-electron chi connectivity index (χ4n) is 8.48. The van der Waals surface area contributed by atoms with Gasteiger partial charge in [-0.15, -0.1) is 0 Å². The van der Waals surface area contributed by atoms with Gasteiger partial charge in [-0.2, -0.15) is 0 Å². The van der Waals surface area contributed by atoms with E-state index in [1.165, 1.54) is 72.5 Å². The van der Waals surface area contributed by atoms with Crippen LogP contribution in [0.3, 0.4) is 0 Å². The summed E-state index contributed by atoms with van der Waals surface area (Å²) in [7, 11) is 4.41. The van der Waals surface area contributed by atoms with Crippen molar-refractivity contribution in [2.24, 2.45) is 0 Å². The van der Waals surface area contributed by atoms with Crippen molar-refractivity contribution in [3.05, 3.63) is 182 Å². The lowest BCUT2D eigenvalue weighted by atomic mass is 9.33. The Hall–Kier alpha value is -6.65. The first kappa shape index (κ1) is 31.1. The maximum Gasteiger partial charge on any atom is 0.252 e. The van der Waals surface area contributed by atoms with Crippen molar-refractivity contribution in [2.45, 2.75) is 0 Å². The zero-order chi connectivity index (χ0) is 35.5. The zero-order valence-corrected chi connectivity index (χ0v) is 29.7. The van der Waals surface area contributed by atoms with Crippen molar-refractivity contribution in [3.8, 4) is 55.6 Å². The summed E-state index contributed by atoms with van der Waals surface area (Å²) in [6.07, 6.45) is 3.97. The van der Waals surface area contributed by atoms with Crippen LogP contribution in [0.5, 0.6) is 0 Å². The van der Waals surface area contributed by atoms with Crippen LogP contribution in [0.25, 0.3) is 55.6 Å². The van der Waals surface area contributed by atoms with Crippen LogP contribution in [0.2, 0.25) is 0 Å². The molecule has 3 heterocycles. The topological polar surface area (TPSA) is 19.4 Å². The second-order valence-corrected chi connectivity index (χ2v) is 14.2. The largest absolute Gasteiger partial charge is 0.345 e. The van der Waals surface area contributed by atoms with Crippen molar-refractivity contribution in [3.63, 3.8) is 0 Å². The lowest BCUT2D eigenvalue weighted by Crippen LogP contribution is -2.61. The molecule has 10 rings (SSSR count). The zero-order valence-electron chi connectivity index (χ0n) is 29.7. The summed E-state index contributed by atoms with van der Waals surface area (Å²) < 4.78 is 0. The predicted molar refractivity (Wildman–Crippen MR) is 225 cm³/mol. The Kier molecular flexibility index (Phi) is 7.36. The summed E-state index contributed by atoms with van der Waals surface area (Å²) in [5, 5.41) is 0. The van der Waals surface area contributed by atoms with Gasteiger partial charge < -0.3 is 9.80 Å². The molecule has 2 aliphatic rings. The predicted octanol–water partition coefficient (Wildman–Crippen LogP) is 10.1. The van der Waals surface area contributed by atoms with E-state index in [4.69, 9.17) is 4.98 Å². The summed E-state index contributed by atoms with van der Waals surface area (Å²) in [6, 6.07) is 61.8. The molecule has 7 aromatic carbocycles. The molecular formula is C49H36BN3. The molecule has 53 heavy (non-hydrogen) atoms. The fourth-order valence-corrected chi connectivity index (χ4v) is 8.48. The van der Waals surface area contributed by atoms with Crippen LogP contribution in [-0.2, 0) is 0 Å². The van der Waals surface area contributed by atoms with E-state index in [0.717, 1.165) is 22.3 Å². The molecular weight excluding hydrogens is 641 g/mol. The van der Waals surface area contributed by atoms with Gasteiger partial charge in [0.15, 0.2) is 0 Å². The molecule has 0 atom stereocenters. The van der Waals surface area contributed by atoms with Crippen LogP contribution in [0, 0.1) is 0 Å². The normalized spacial score (nSPS) is 12.6. The van der Waals surface area contributed by atoms with Crippen molar-refractivity contribution in [1.29, 1.82) is 0 Å². The van der Waals surface area contributed by atoms with Crippen molar-refractivity contribution in [2.75, 3.05) is 23.9 Å². The molecule has 1 aromatic heterocycles. The number of hydrogen-bond acceptors (Lipinski definition) is 3. The molecule has 0 aliphatic carbocycles. The summed E-state index contributed by atoms with van der Waals surface area (Å²) in [4.78, 5) is 9.55. The molecule has 0 fully saturated rings. The second-order valence-electron chi connectivity index (χ2n) is 14.2. The van der Waals surface area contributed by atoms with E-state index in [-0.39, 0.29) is 6.71 Å². The van der Waals surface area contributed by atoms with Crippen LogP contribution in [0.4, 0.5) is 22.7 Å². The summed E-state index contributed by atoms with van der Waals surface area (Å²) in [5.41, 5.74) is 20.7. The Labute approximate surface area is 311 Å². The minimum absolute atomic E-state index is 0.191. The van der Waals surface area contributed by atoms with Gasteiger partial charge in [-0.1, -0.05) is 115 Å². The van der Waals surface area contributed by atoms with E-state index in [1.54, 1.807) is 0 Å². The second kappa shape index (κ2) is 12.5. The number of fused-ring (bicyclic) bond motifs is 4. The van der Waals surface area contributed by atoms with Gasteiger partial charge in [-0.25, -0.2) is 0 Å². The molecule has 0 N–H and O–H groups in total. The lowest BCUT2D eigenvalue weighted by Gasteiger charge is -2.42. The molecule has 4 heteroatoms. The molecule has 0 radical (unpaired) electrons. The monoisotopic (exact) mass is 677 g/mol. The average molecular weight is 678 g/mol. The van der Waals surface area contributed by atoms with Crippen molar-refractivity contribution in [1.82, 2.24) is 4.98 Å². The van der Waals surface area contributed by atoms with E-state index >= 15 is 0 Å². The molecule has 0 bridgehead atoms. The van der Waals surface area contributed by atoms with Gasteiger partial charge in [0.25, 0.3) is 6.71 Å². The Balaban J connectivity index is 1.07. The Morgan fingerprint density at radius 3 is 1.26 bits per heavy atom. The van der Waals surface area contributed by atoms with E-state index in [2.05, 4.69) is 194 Å². The number of hydrogen-bond donors (Lipinski definition) is 0. The van der Waals surface area contributed by atoms with Crippen LogP contribution in [0.15, 0.2) is 182 Å². The number of anilines is 4. The first-order valence-electron chi connectivity index (χ1n) is 18.3. The molecule has 2 aliphatic heterocycles. The number of aromatic nitrogens is 1. The first-order chi connectivity index (χ1) is 26.1. The third kappa shape index (κ3) is 5.26. The summed E-state index contributed by atoms with van der Waals surface area (Å²) >= 11 is 0. The average Bonchev–Trinajstić information content (AvgIpc) is 3.24. The quantitative estimate of drug-likeness (QED) is 0.169. The number of nitrogens with zero attached hydrogens (tertiary/aromatic N) is 3. The lowest BCUT2D eigenvalue weighted by molar-refractivity contribution is 1.18. The van der Waals surface area contributed by atoms with Crippen molar-refractivity contribution >= 4 is 45.9 Å². The molecule has 0 unspecified atom stereocenters. The fraction of sp³-hybridized carbons (Fsp3) is 0.0408. The van der Waals surface area contributed by atoms with Crippen LogP contribution < -0.4 is 26.2 Å². The van der Waals surface area contributed by atoms with Gasteiger partial charge in [-0.3, -0.25) is 4.98 Å². The Bertz CT molecular complexity index is 2540. The third-order valence-corrected chi connectivity index (χ3v) is 11.1. The SMILES string of the molecule is CN1c2ccccc2B2c3ccccc3N(C)c3cc(-c4cccc(-c5cncc(-c6cc(-c7ccccc7)cc(-c7ccccc7)c6)c5)c4)cc1c32. The van der Waals surface area contributed by atoms with E-state index < -0.39 is 0 Å². The van der Waals surface area contributed by atoms with Gasteiger partial charge in [0, 0.05) is 60.4 Å². The molecule has 0 spiro atoms. The molecule has 250 valence electrons. The van der Waals surface area contributed by atoms with Crippen LogP contribution >= 0.6 is 0 Å². The minimum Gasteiger partial charge on any atom is -0.345 e. The molecule has 3 nitrogen and oxygen atoms in total. The third-order valence-electron chi connectivity index (χ3n) is 11.1. The summed E-state index contributed by atoms with van der Waals surface area (Å²) in [5.74, 6) is 0. The highest BCUT2D eigenvalue weighted by Gasteiger charge is 2.40. The highest BCUT2D eigenvalue weighted by molar-refractivity contribution is 7.00. The highest BCUT2D eigenvalue weighted by Crippen LogP contribution is 2.40. The van der Waals surface area contributed by atoms with E-state index in [1.807, 2.05) is 12.4 Å². The minimum atomic E-state index is 0.191. The molecule has 0 amide bonds. The number of benzene rings is 7. The van der Waals surface area contributed by atoms with Crippen LogP contribution in [0.1, 0.15) is 0 Å². The highest BCUT2D eigenvalue weighted by atomic mass is 15.1. The van der Waals surface area contributed by atoms with E-state index in [9.17, 15) is 0 Å². The van der Waals surface area contributed by atoms with E-state index in [0.29, 0.717) is 0 Å².